The molecule has 0 radical (unpaired) electrons. The van der Waals surface area contributed by atoms with Gasteiger partial charge in [-0.2, -0.15) is 0 Å². The van der Waals surface area contributed by atoms with E-state index in [1.165, 1.54) is 4.90 Å². The van der Waals surface area contributed by atoms with Crippen LogP contribution in [0.5, 0.6) is 0 Å². The van der Waals surface area contributed by atoms with Crippen LogP contribution in [0.4, 0.5) is 0 Å². The van der Waals surface area contributed by atoms with E-state index in [0.717, 1.165) is 37.1 Å². The van der Waals surface area contributed by atoms with Crippen molar-refractivity contribution in [1.29, 1.82) is 0 Å². The van der Waals surface area contributed by atoms with Gasteiger partial charge in [0, 0.05) is 12.5 Å². The fourth-order valence-corrected chi connectivity index (χ4v) is 3.54. The summed E-state index contributed by atoms with van der Waals surface area (Å²) in [5, 5.41) is 5.37. The molecule has 1 unspecified atom stereocenters. The maximum atomic E-state index is 12.9. The number of amides is 4. The first-order valence-corrected chi connectivity index (χ1v) is 8.51. The first-order valence-electron chi connectivity index (χ1n) is 8.51. The van der Waals surface area contributed by atoms with Crippen LogP contribution in [0.1, 0.15) is 51.6 Å². The molecule has 2 N–H and O–H groups in total. The molecule has 1 atom stereocenters. The molecule has 2 aliphatic rings. The summed E-state index contributed by atoms with van der Waals surface area (Å²) in [6, 6.07) is 3.27. The molecule has 0 spiro atoms. The number of carbonyl (C=O) groups is 4. The number of fused-ring (bicyclic) bond motifs is 3. The van der Waals surface area contributed by atoms with Crippen molar-refractivity contribution in [1.82, 2.24) is 15.5 Å². The second-order valence-electron chi connectivity index (χ2n) is 6.43. The van der Waals surface area contributed by atoms with Crippen LogP contribution in [0.15, 0.2) is 12.1 Å². The SMILES string of the molecule is CC(CCC(=O)NC=O)N1C(=O)c2ccc3c(c2C1=O)CCNCC3. The van der Waals surface area contributed by atoms with E-state index in [4.69, 9.17) is 0 Å². The van der Waals surface area contributed by atoms with Crippen molar-refractivity contribution in [2.24, 2.45) is 0 Å². The Morgan fingerprint density at radius 1 is 1.28 bits per heavy atom. The maximum Gasteiger partial charge on any atom is 0.262 e. The minimum atomic E-state index is -0.418. The number of nitrogens with zero attached hydrogens (tertiary/aromatic N) is 1. The molecule has 2 aliphatic heterocycles. The quantitative estimate of drug-likeness (QED) is 0.596. The average molecular weight is 343 g/mol. The van der Waals surface area contributed by atoms with Gasteiger partial charge in [-0.3, -0.25) is 29.4 Å². The molecule has 0 fully saturated rings. The van der Waals surface area contributed by atoms with Gasteiger partial charge in [-0.05, 0) is 56.5 Å². The Hall–Kier alpha value is -2.54. The number of nitrogens with one attached hydrogen (secondary N) is 2. The third-order valence-corrected chi connectivity index (χ3v) is 4.86. The first-order chi connectivity index (χ1) is 12.0. The van der Waals surface area contributed by atoms with Crippen LogP contribution in [0, 0.1) is 0 Å². The van der Waals surface area contributed by atoms with E-state index in [1.54, 1.807) is 13.0 Å². The highest BCUT2D eigenvalue weighted by molar-refractivity contribution is 6.22. The Bertz CT molecular complexity index is 744. The van der Waals surface area contributed by atoms with Gasteiger partial charge in [-0.15, -0.1) is 0 Å². The molecule has 7 heteroatoms. The van der Waals surface area contributed by atoms with Gasteiger partial charge in [0.1, 0.15) is 0 Å². The highest BCUT2D eigenvalue weighted by atomic mass is 16.2. The predicted molar refractivity (Wildman–Crippen MR) is 90.1 cm³/mol. The minimum absolute atomic E-state index is 0.0787. The summed E-state index contributed by atoms with van der Waals surface area (Å²) in [6.07, 6.45) is 2.29. The molecule has 132 valence electrons. The van der Waals surface area contributed by atoms with Crippen molar-refractivity contribution in [3.05, 3.63) is 34.4 Å². The largest absolute Gasteiger partial charge is 0.316 e. The van der Waals surface area contributed by atoms with Gasteiger partial charge < -0.3 is 5.32 Å². The second kappa shape index (κ2) is 7.14. The Morgan fingerprint density at radius 2 is 2.04 bits per heavy atom. The fraction of sp³-hybridized carbons (Fsp3) is 0.444. The van der Waals surface area contributed by atoms with Crippen LogP contribution in [-0.2, 0) is 22.4 Å². The molecule has 0 bridgehead atoms. The Kier molecular flexibility index (Phi) is 4.94. The zero-order chi connectivity index (χ0) is 18.0. The van der Waals surface area contributed by atoms with Crippen LogP contribution in [0.2, 0.25) is 0 Å². The van der Waals surface area contributed by atoms with Crippen molar-refractivity contribution in [2.75, 3.05) is 13.1 Å². The van der Waals surface area contributed by atoms with Crippen LogP contribution in [0.3, 0.4) is 0 Å². The maximum absolute atomic E-state index is 12.9. The van der Waals surface area contributed by atoms with Gasteiger partial charge in [-0.1, -0.05) is 6.07 Å². The summed E-state index contributed by atoms with van der Waals surface area (Å²) in [5.74, 6) is -0.997. The summed E-state index contributed by atoms with van der Waals surface area (Å²) >= 11 is 0. The minimum Gasteiger partial charge on any atom is -0.316 e. The lowest BCUT2D eigenvalue weighted by atomic mass is 9.94. The van der Waals surface area contributed by atoms with E-state index in [9.17, 15) is 19.2 Å². The smallest absolute Gasteiger partial charge is 0.262 e. The molecule has 25 heavy (non-hydrogen) atoms. The monoisotopic (exact) mass is 343 g/mol. The summed E-state index contributed by atoms with van der Waals surface area (Å²) < 4.78 is 0. The number of benzene rings is 1. The van der Waals surface area contributed by atoms with Crippen molar-refractivity contribution >= 4 is 24.1 Å². The number of imide groups is 2. The second-order valence-corrected chi connectivity index (χ2v) is 6.43. The van der Waals surface area contributed by atoms with E-state index >= 15 is 0 Å². The van der Waals surface area contributed by atoms with Crippen LogP contribution in [-0.4, -0.2) is 48.2 Å². The van der Waals surface area contributed by atoms with Crippen molar-refractivity contribution in [3.8, 4) is 0 Å². The zero-order valence-corrected chi connectivity index (χ0v) is 14.1. The molecule has 0 aliphatic carbocycles. The molecular formula is C18H21N3O4. The molecule has 3 rings (SSSR count). The number of hydrogen-bond acceptors (Lipinski definition) is 5. The number of hydrogen-bond donors (Lipinski definition) is 2. The molecule has 4 amide bonds. The Morgan fingerprint density at radius 3 is 2.80 bits per heavy atom. The summed E-state index contributed by atoms with van der Waals surface area (Å²) in [5.41, 5.74) is 3.06. The van der Waals surface area contributed by atoms with E-state index < -0.39 is 11.9 Å². The van der Waals surface area contributed by atoms with E-state index in [-0.39, 0.29) is 18.2 Å². The van der Waals surface area contributed by atoms with Crippen LogP contribution < -0.4 is 10.6 Å². The highest BCUT2D eigenvalue weighted by Gasteiger charge is 2.40. The molecule has 2 heterocycles. The van der Waals surface area contributed by atoms with E-state index in [2.05, 4.69) is 10.6 Å². The van der Waals surface area contributed by atoms with Gasteiger partial charge in [0.2, 0.25) is 12.3 Å². The summed E-state index contributed by atoms with van der Waals surface area (Å²) in [7, 11) is 0. The topological polar surface area (TPSA) is 95.6 Å². The number of rotatable bonds is 5. The normalized spacial score (nSPS) is 17.6. The van der Waals surface area contributed by atoms with E-state index in [0.29, 0.717) is 24.0 Å². The Labute approximate surface area is 145 Å². The molecule has 0 saturated carbocycles. The molecule has 1 aromatic carbocycles. The number of carbonyl (C=O) groups excluding carboxylic acids is 4. The van der Waals surface area contributed by atoms with Crippen LogP contribution in [0.25, 0.3) is 0 Å². The zero-order valence-electron chi connectivity index (χ0n) is 14.1. The first kappa shape index (κ1) is 17.3. The predicted octanol–water partition coefficient (Wildman–Crippen LogP) is 0.412. The summed E-state index contributed by atoms with van der Waals surface area (Å²) in [4.78, 5) is 48.6. The molecule has 1 aromatic rings. The lowest BCUT2D eigenvalue weighted by molar-refractivity contribution is -0.125. The van der Waals surface area contributed by atoms with Crippen molar-refractivity contribution in [2.45, 2.75) is 38.6 Å². The molecule has 7 nitrogen and oxygen atoms in total. The third kappa shape index (κ3) is 3.19. The van der Waals surface area contributed by atoms with Gasteiger partial charge in [0.25, 0.3) is 11.8 Å². The highest BCUT2D eigenvalue weighted by Crippen LogP contribution is 2.31. The standard InChI is InChI=1S/C18H21N3O4/c1-11(2-5-15(23)20-10-22)21-17(24)14-4-3-12-6-8-19-9-7-13(12)16(14)18(21)25/h3-4,10-11,19H,2,5-9H2,1H3,(H,20,22,23). The Balaban J connectivity index is 1.83. The lowest BCUT2D eigenvalue weighted by Crippen LogP contribution is -2.39. The molecule has 0 aromatic heterocycles. The average Bonchev–Trinajstić information content (AvgIpc) is 2.76. The van der Waals surface area contributed by atoms with E-state index in [1.807, 2.05) is 6.07 Å². The van der Waals surface area contributed by atoms with Gasteiger partial charge in [-0.25, -0.2) is 0 Å². The summed E-state index contributed by atoms with van der Waals surface area (Å²) in [6.45, 7) is 3.39. The lowest BCUT2D eigenvalue weighted by Gasteiger charge is -2.22. The fourth-order valence-electron chi connectivity index (χ4n) is 3.54. The van der Waals surface area contributed by atoms with Gasteiger partial charge >= 0.3 is 0 Å². The van der Waals surface area contributed by atoms with Crippen LogP contribution >= 0.6 is 0 Å². The third-order valence-electron chi connectivity index (χ3n) is 4.86. The molecular weight excluding hydrogens is 322 g/mol. The van der Waals surface area contributed by atoms with Crippen molar-refractivity contribution < 1.29 is 19.2 Å². The van der Waals surface area contributed by atoms with Gasteiger partial charge in [0.15, 0.2) is 0 Å². The molecule has 0 saturated heterocycles. The van der Waals surface area contributed by atoms with Gasteiger partial charge in [0.05, 0.1) is 11.1 Å². The van der Waals surface area contributed by atoms with Crippen molar-refractivity contribution in [3.63, 3.8) is 0 Å².